The van der Waals surface area contributed by atoms with Gasteiger partial charge in [0.05, 0.1) is 10.5 Å². The Bertz CT molecular complexity index is 1090. The van der Waals surface area contributed by atoms with Crippen molar-refractivity contribution >= 4 is 21.8 Å². The molecule has 0 spiro atoms. The second-order valence-corrected chi connectivity index (χ2v) is 10.2. The van der Waals surface area contributed by atoms with Crippen LogP contribution in [0.1, 0.15) is 64.4 Å². The van der Waals surface area contributed by atoms with Crippen LogP contribution in [-0.2, 0) is 27.6 Å². The summed E-state index contributed by atoms with van der Waals surface area (Å²) in [5.41, 5.74) is 3.23. The first kappa shape index (κ1) is 21.7. The summed E-state index contributed by atoms with van der Waals surface area (Å²) in [6, 6.07) is 11.4. The van der Waals surface area contributed by atoms with E-state index in [-0.39, 0.29) is 16.2 Å². The number of aryl methyl sites for hydroxylation is 2. The molecule has 0 saturated carbocycles. The molecule has 0 N–H and O–H groups in total. The van der Waals surface area contributed by atoms with Gasteiger partial charge >= 0.3 is 5.97 Å². The number of ether oxygens (including phenoxy) is 1. The maximum atomic E-state index is 12.7. The molecule has 0 amide bonds. The summed E-state index contributed by atoms with van der Waals surface area (Å²) in [4.78, 5) is 25.4. The fourth-order valence-corrected chi connectivity index (χ4v) is 5.78. The first-order chi connectivity index (χ1) is 14.9. The number of Topliss-reactive ketones (excluding diaryl/α,β-unsaturated/α-hetero) is 1. The zero-order valence-corrected chi connectivity index (χ0v) is 18.5. The van der Waals surface area contributed by atoms with Gasteiger partial charge in [0.25, 0.3) is 0 Å². The van der Waals surface area contributed by atoms with Gasteiger partial charge in [-0.15, -0.1) is 0 Å². The molecule has 31 heavy (non-hydrogen) atoms. The summed E-state index contributed by atoms with van der Waals surface area (Å²) in [6.07, 6.45) is 4.94. The van der Waals surface area contributed by atoms with Crippen LogP contribution in [0.2, 0.25) is 0 Å². The Morgan fingerprint density at radius 2 is 1.52 bits per heavy atom. The van der Waals surface area contributed by atoms with E-state index in [0.29, 0.717) is 18.7 Å². The first-order valence-electron chi connectivity index (χ1n) is 10.8. The smallest absolute Gasteiger partial charge is 0.338 e. The van der Waals surface area contributed by atoms with E-state index < -0.39 is 22.1 Å². The van der Waals surface area contributed by atoms with Gasteiger partial charge in [0.1, 0.15) is 0 Å². The lowest BCUT2D eigenvalue weighted by molar-refractivity contribution is 0.0318. The van der Waals surface area contributed by atoms with E-state index in [1.807, 2.05) is 12.1 Å². The molecule has 2 aliphatic rings. The molecule has 1 aliphatic heterocycles. The second kappa shape index (κ2) is 8.93. The molecule has 1 heterocycles. The highest BCUT2D eigenvalue weighted by atomic mass is 32.2. The van der Waals surface area contributed by atoms with E-state index in [0.717, 1.165) is 38.5 Å². The van der Waals surface area contributed by atoms with Crippen molar-refractivity contribution in [3.05, 3.63) is 64.7 Å². The molecular weight excluding hydrogens is 414 g/mol. The molecule has 2 aromatic rings. The standard InChI is InChI=1S/C24H27NO5S/c1-17(23(26)21-9-8-18-6-5-7-20(18)16-21)30-24(27)19-10-12-22(13-11-19)31(28,29)25-14-3-2-4-15-25/h8-13,16-17H,2-7,14-15H2,1H3/t17-/m0/s1. The summed E-state index contributed by atoms with van der Waals surface area (Å²) in [5, 5.41) is 0. The van der Waals surface area contributed by atoms with Gasteiger partial charge < -0.3 is 4.74 Å². The largest absolute Gasteiger partial charge is 0.451 e. The molecule has 0 aromatic heterocycles. The Balaban J connectivity index is 1.42. The highest BCUT2D eigenvalue weighted by Crippen LogP contribution is 2.24. The van der Waals surface area contributed by atoms with E-state index >= 15 is 0 Å². The summed E-state index contributed by atoms with van der Waals surface area (Å²) in [6.45, 7) is 2.60. The molecule has 1 atom stereocenters. The molecular formula is C24H27NO5S. The Hall–Kier alpha value is -2.51. The predicted molar refractivity (Wildman–Crippen MR) is 117 cm³/mol. The van der Waals surface area contributed by atoms with Gasteiger partial charge in [0.15, 0.2) is 6.10 Å². The average Bonchev–Trinajstić information content (AvgIpc) is 3.27. The fraction of sp³-hybridized carbons (Fsp3) is 0.417. The van der Waals surface area contributed by atoms with E-state index in [4.69, 9.17) is 4.74 Å². The third-order valence-corrected chi connectivity index (χ3v) is 7.99. The Labute approximate surface area is 183 Å². The van der Waals surface area contributed by atoms with Crippen molar-refractivity contribution in [1.82, 2.24) is 4.31 Å². The molecule has 4 rings (SSSR count). The Morgan fingerprint density at radius 1 is 0.871 bits per heavy atom. The van der Waals surface area contributed by atoms with E-state index in [9.17, 15) is 18.0 Å². The van der Waals surface area contributed by atoms with E-state index in [1.54, 1.807) is 13.0 Å². The molecule has 1 aliphatic carbocycles. The van der Waals surface area contributed by atoms with E-state index in [1.165, 1.54) is 39.7 Å². The van der Waals surface area contributed by atoms with Gasteiger partial charge in [-0.2, -0.15) is 4.31 Å². The van der Waals surface area contributed by atoms with Crippen LogP contribution in [0.5, 0.6) is 0 Å². The molecule has 1 saturated heterocycles. The van der Waals surface area contributed by atoms with Crippen LogP contribution in [0.15, 0.2) is 47.4 Å². The minimum Gasteiger partial charge on any atom is -0.451 e. The lowest BCUT2D eigenvalue weighted by Crippen LogP contribution is -2.35. The number of sulfonamides is 1. The number of carbonyl (C=O) groups is 2. The second-order valence-electron chi connectivity index (χ2n) is 8.24. The number of hydrogen-bond donors (Lipinski definition) is 0. The summed E-state index contributed by atoms with van der Waals surface area (Å²) in [7, 11) is -3.56. The Morgan fingerprint density at radius 3 is 2.23 bits per heavy atom. The number of nitrogens with zero attached hydrogens (tertiary/aromatic N) is 1. The zero-order chi connectivity index (χ0) is 22.0. The van der Waals surface area contributed by atoms with Crippen LogP contribution < -0.4 is 0 Å². The maximum Gasteiger partial charge on any atom is 0.338 e. The number of benzene rings is 2. The number of esters is 1. The topological polar surface area (TPSA) is 80.8 Å². The number of ketones is 1. The highest BCUT2D eigenvalue weighted by molar-refractivity contribution is 7.89. The summed E-state index contributed by atoms with van der Waals surface area (Å²) in [5.74, 6) is -0.892. The molecule has 0 bridgehead atoms. The molecule has 6 nitrogen and oxygen atoms in total. The van der Waals surface area contributed by atoms with Crippen molar-refractivity contribution < 1.29 is 22.7 Å². The quantitative estimate of drug-likeness (QED) is 0.503. The third-order valence-electron chi connectivity index (χ3n) is 6.08. The van der Waals surface area contributed by atoms with Crippen LogP contribution in [-0.4, -0.2) is 43.7 Å². The summed E-state index contributed by atoms with van der Waals surface area (Å²) >= 11 is 0. The van der Waals surface area contributed by atoms with Gasteiger partial charge in [-0.25, -0.2) is 13.2 Å². The van der Waals surface area contributed by atoms with Crippen LogP contribution in [0.4, 0.5) is 0 Å². The number of carbonyl (C=O) groups excluding carboxylic acids is 2. The number of fused-ring (bicyclic) bond motifs is 1. The summed E-state index contributed by atoms with van der Waals surface area (Å²) < 4.78 is 32.3. The van der Waals surface area contributed by atoms with Crippen molar-refractivity contribution in [1.29, 1.82) is 0 Å². The monoisotopic (exact) mass is 441 g/mol. The minimum absolute atomic E-state index is 0.160. The molecule has 0 unspecified atom stereocenters. The van der Waals surface area contributed by atoms with Gasteiger partial charge in [-0.05, 0) is 80.5 Å². The number of piperidine rings is 1. The Kier molecular flexibility index (Phi) is 6.25. The van der Waals surface area contributed by atoms with Crippen LogP contribution in [0.3, 0.4) is 0 Å². The van der Waals surface area contributed by atoms with E-state index in [2.05, 4.69) is 0 Å². The lowest BCUT2D eigenvalue weighted by atomic mass is 10.0. The maximum absolute atomic E-state index is 12.7. The number of hydrogen-bond acceptors (Lipinski definition) is 5. The van der Waals surface area contributed by atoms with Gasteiger partial charge in [0.2, 0.25) is 15.8 Å². The first-order valence-corrected chi connectivity index (χ1v) is 12.3. The zero-order valence-electron chi connectivity index (χ0n) is 17.7. The van der Waals surface area contributed by atoms with Crippen molar-refractivity contribution in [2.24, 2.45) is 0 Å². The van der Waals surface area contributed by atoms with Crippen molar-refractivity contribution in [3.8, 4) is 0 Å². The molecule has 164 valence electrons. The molecule has 0 radical (unpaired) electrons. The van der Waals surface area contributed by atoms with Gasteiger partial charge in [0, 0.05) is 18.7 Å². The van der Waals surface area contributed by atoms with Gasteiger partial charge in [-0.1, -0.05) is 18.6 Å². The SMILES string of the molecule is C[C@H](OC(=O)c1ccc(S(=O)(=O)N2CCCCC2)cc1)C(=O)c1ccc2c(c1)CCC2. The molecule has 2 aromatic carbocycles. The molecule has 1 fully saturated rings. The van der Waals surface area contributed by atoms with Crippen molar-refractivity contribution in [2.75, 3.05) is 13.1 Å². The minimum atomic E-state index is -3.56. The van der Waals surface area contributed by atoms with Crippen LogP contribution in [0, 0.1) is 0 Å². The fourth-order valence-electron chi connectivity index (χ4n) is 4.26. The highest BCUT2D eigenvalue weighted by Gasteiger charge is 2.27. The normalized spacial score (nSPS) is 17.7. The third kappa shape index (κ3) is 4.57. The van der Waals surface area contributed by atoms with Crippen LogP contribution in [0.25, 0.3) is 0 Å². The van der Waals surface area contributed by atoms with Crippen LogP contribution >= 0.6 is 0 Å². The average molecular weight is 442 g/mol. The predicted octanol–water partition coefficient (Wildman–Crippen LogP) is 3.78. The van der Waals surface area contributed by atoms with Gasteiger partial charge in [-0.3, -0.25) is 4.79 Å². The number of rotatable bonds is 6. The van der Waals surface area contributed by atoms with Crippen molar-refractivity contribution in [3.63, 3.8) is 0 Å². The lowest BCUT2D eigenvalue weighted by Gasteiger charge is -2.25. The molecule has 7 heteroatoms. The van der Waals surface area contributed by atoms with Crippen molar-refractivity contribution in [2.45, 2.75) is 56.4 Å².